The number of benzene rings is 1. The van der Waals surface area contributed by atoms with Crippen molar-refractivity contribution < 1.29 is 13.6 Å². The van der Waals surface area contributed by atoms with Crippen LogP contribution in [0.1, 0.15) is 28.2 Å². The summed E-state index contributed by atoms with van der Waals surface area (Å²) < 4.78 is 25.8. The first-order chi connectivity index (χ1) is 10.1. The van der Waals surface area contributed by atoms with Crippen LogP contribution >= 0.6 is 11.3 Å². The quantitative estimate of drug-likeness (QED) is 0.778. The average molecular weight is 308 g/mol. The molecule has 0 aliphatic heterocycles. The molecular formula is C13H10F2N4OS. The molecule has 0 atom stereocenters. The second-order valence-electron chi connectivity index (χ2n) is 4.31. The van der Waals surface area contributed by atoms with Crippen molar-refractivity contribution in [3.05, 3.63) is 46.7 Å². The maximum absolute atomic E-state index is 12.4. The number of thiazole rings is 1. The van der Waals surface area contributed by atoms with Gasteiger partial charge in [-0.25, -0.2) is 13.8 Å². The summed E-state index contributed by atoms with van der Waals surface area (Å²) in [6.07, 6.45) is -2.68. The smallest absolute Gasteiger partial charge is 0.279 e. The second-order valence-corrected chi connectivity index (χ2v) is 5.16. The molecule has 0 saturated carbocycles. The molecule has 0 aliphatic carbocycles. The number of hydrogen-bond acceptors (Lipinski definition) is 4. The van der Waals surface area contributed by atoms with Crippen LogP contribution in [0, 0.1) is 0 Å². The summed E-state index contributed by atoms with van der Waals surface area (Å²) in [6, 6.07) is 6.68. The van der Waals surface area contributed by atoms with Crippen molar-refractivity contribution in [2.45, 2.75) is 13.0 Å². The van der Waals surface area contributed by atoms with Crippen LogP contribution in [0.25, 0.3) is 10.2 Å². The molecule has 21 heavy (non-hydrogen) atoms. The molecule has 0 unspecified atom stereocenters. The van der Waals surface area contributed by atoms with E-state index >= 15 is 0 Å². The molecule has 1 amide bonds. The zero-order valence-electron chi connectivity index (χ0n) is 10.6. The third-order valence-corrected chi connectivity index (χ3v) is 3.86. The van der Waals surface area contributed by atoms with Gasteiger partial charge >= 0.3 is 0 Å². The normalized spacial score (nSPS) is 11.2. The van der Waals surface area contributed by atoms with E-state index in [9.17, 15) is 13.6 Å². The van der Waals surface area contributed by atoms with Crippen LogP contribution < -0.4 is 5.32 Å². The SMILES string of the molecule is O=C(NCc1cccc2ncsc12)c1cc(C(F)F)[nH]n1. The van der Waals surface area contributed by atoms with E-state index in [-0.39, 0.29) is 17.9 Å². The summed E-state index contributed by atoms with van der Waals surface area (Å²) in [5.74, 6) is -0.500. The highest BCUT2D eigenvalue weighted by molar-refractivity contribution is 7.16. The summed E-state index contributed by atoms with van der Waals surface area (Å²) in [5.41, 5.74) is 3.10. The minimum absolute atomic E-state index is 0.0539. The lowest BCUT2D eigenvalue weighted by atomic mass is 10.2. The Morgan fingerprint density at radius 2 is 2.29 bits per heavy atom. The first kappa shape index (κ1) is 13.6. The molecule has 3 rings (SSSR count). The van der Waals surface area contributed by atoms with Gasteiger partial charge in [-0.2, -0.15) is 5.10 Å². The number of aromatic nitrogens is 3. The number of H-pyrrole nitrogens is 1. The number of amides is 1. The topological polar surface area (TPSA) is 70.7 Å². The summed E-state index contributed by atoms with van der Waals surface area (Å²) >= 11 is 1.49. The molecule has 2 heterocycles. The van der Waals surface area contributed by atoms with Crippen LogP contribution in [0.4, 0.5) is 8.78 Å². The van der Waals surface area contributed by atoms with Gasteiger partial charge in [0, 0.05) is 6.54 Å². The van der Waals surface area contributed by atoms with E-state index in [4.69, 9.17) is 0 Å². The first-order valence-electron chi connectivity index (χ1n) is 6.08. The van der Waals surface area contributed by atoms with Crippen molar-refractivity contribution in [2.75, 3.05) is 0 Å². The van der Waals surface area contributed by atoms with Crippen LogP contribution in [-0.2, 0) is 6.54 Å². The summed E-state index contributed by atoms with van der Waals surface area (Å²) in [6.45, 7) is 0.287. The Kier molecular flexibility index (Phi) is 3.61. The van der Waals surface area contributed by atoms with Gasteiger partial charge in [-0.3, -0.25) is 9.89 Å². The van der Waals surface area contributed by atoms with Crippen molar-refractivity contribution in [3.63, 3.8) is 0 Å². The fourth-order valence-electron chi connectivity index (χ4n) is 1.91. The van der Waals surface area contributed by atoms with Crippen molar-refractivity contribution in [1.29, 1.82) is 0 Å². The Morgan fingerprint density at radius 3 is 3.05 bits per heavy atom. The van der Waals surface area contributed by atoms with Gasteiger partial charge in [-0.15, -0.1) is 11.3 Å². The molecule has 0 aliphatic rings. The first-order valence-corrected chi connectivity index (χ1v) is 6.96. The molecule has 108 valence electrons. The van der Waals surface area contributed by atoms with E-state index in [2.05, 4.69) is 20.5 Å². The highest BCUT2D eigenvalue weighted by Gasteiger charge is 2.15. The fourth-order valence-corrected chi connectivity index (χ4v) is 2.72. The predicted octanol–water partition coefficient (Wildman–Crippen LogP) is 2.89. The minimum atomic E-state index is -2.68. The molecule has 2 aromatic heterocycles. The summed E-state index contributed by atoms with van der Waals surface area (Å²) in [4.78, 5) is 16.1. The van der Waals surface area contributed by atoms with E-state index in [0.29, 0.717) is 0 Å². The van der Waals surface area contributed by atoms with E-state index in [0.717, 1.165) is 21.8 Å². The van der Waals surface area contributed by atoms with Crippen LogP contribution in [0.2, 0.25) is 0 Å². The number of nitrogens with zero attached hydrogens (tertiary/aromatic N) is 2. The Hall–Kier alpha value is -2.35. The second kappa shape index (κ2) is 5.57. The number of carbonyl (C=O) groups excluding carboxylic acids is 1. The molecule has 1 aromatic carbocycles. The molecule has 0 radical (unpaired) electrons. The van der Waals surface area contributed by atoms with Crippen molar-refractivity contribution in [2.24, 2.45) is 0 Å². The third kappa shape index (κ3) is 2.75. The van der Waals surface area contributed by atoms with Crippen LogP contribution in [0.15, 0.2) is 29.8 Å². The maximum Gasteiger partial charge on any atom is 0.279 e. The lowest BCUT2D eigenvalue weighted by Crippen LogP contribution is -2.23. The third-order valence-electron chi connectivity index (χ3n) is 2.94. The van der Waals surface area contributed by atoms with Gasteiger partial charge in [0.15, 0.2) is 0 Å². The lowest BCUT2D eigenvalue weighted by molar-refractivity contribution is 0.0946. The van der Waals surface area contributed by atoms with Gasteiger partial charge in [0.25, 0.3) is 12.3 Å². The number of nitrogens with one attached hydrogen (secondary N) is 2. The zero-order chi connectivity index (χ0) is 14.8. The van der Waals surface area contributed by atoms with E-state index in [1.165, 1.54) is 11.3 Å². The molecule has 2 N–H and O–H groups in total. The molecule has 0 bridgehead atoms. The average Bonchev–Trinajstić information content (AvgIpc) is 3.13. The van der Waals surface area contributed by atoms with Gasteiger partial charge < -0.3 is 5.32 Å². The molecule has 0 spiro atoms. The highest BCUT2D eigenvalue weighted by atomic mass is 32.1. The molecular weight excluding hydrogens is 298 g/mol. The number of hydrogen-bond donors (Lipinski definition) is 2. The standard InChI is InChI=1S/C13H10F2N4OS/c14-12(15)9-4-10(19-18-9)13(20)16-5-7-2-1-3-8-11(7)21-6-17-8/h1-4,6,12H,5H2,(H,16,20)(H,18,19). The van der Waals surface area contributed by atoms with Crippen LogP contribution in [-0.4, -0.2) is 21.1 Å². The van der Waals surface area contributed by atoms with Gasteiger partial charge in [0.1, 0.15) is 11.4 Å². The largest absolute Gasteiger partial charge is 0.347 e. The maximum atomic E-state index is 12.4. The van der Waals surface area contributed by atoms with Gasteiger partial charge in [-0.05, 0) is 17.7 Å². The zero-order valence-corrected chi connectivity index (χ0v) is 11.5. The number of rotatable bonds is 4. The Labute approximate surface area is 122 Å². The molecule has 8 heteroatoms. The van der Waals surface area contributed by atoms with Crippen molar-refractivity contribution >= 4 is 27.5 Å². The van der Waals surface area contributed by atoms with Gasteiger partial charge in [0.2, 0.25) is 0 Å². The molecule has 0 saturated heterocycles. The number of halogens is 2. The van der Waals surface area contributed by atoms with Crippen molar-refractivity contribution in [3.8, 4) is 0 Å². The Balaban J connectivity index is 1.72. The number of alkyl halides is 2. The fraction of sp³-hybridized carbons (Fsp3) is 0.154. The summed E-state index contributed by atoms with van der Waals surface area (Å²) in [5, 5.41) is 8.38. The predicted molar refractivity (Wildman–Crippen MR) is 74.3 cm³/mol. The number of fused-ring (bicyclic) bond motifs is 1. The van der Waals surface area contributed by atoms with E-state index < -0.39 is 12.3 Å². The monoisotopic (exact) mass is 308 g/mol. The Bertz CT molecular complexity index is 783. The summed E-state index contributed by atoms with van der Waals surface area (Å²) in [7, 11) is 0. The van der Waals surface area contributed by atoms with Crippen LogP contribution in [0.3, 0.4) is 0 Å². The van der Waals surface area contributed by atoms with E-state index in [1.54, 1.807) is 5.51 Å². The number of carbonyl (C=O) groups is 1. The number of aromatic amines is 1. The molecule has 5 nitrogen and oxygen atoms in total. The minimum Gasteiger partial charge on any atom is -0.347 e. The van der Waals surface area contributed by atoms with Gasteiger partial charge in [0.05, 0.1) is 15.7 Å². The lowest BCUT2D eigenvalue weighted by Gasteiger charge is -2.04. The molecule has 0 fully saturated rings. The van der Waals surface area contributed by atoms with Crippen molar-refractivity contribution in [1.82, 2.24) is 20.5 Å². The molecule has 3 aromatic rings. The van der Waals surface area contributed by atoms with Crippen LogP contribution in [0.5, 0.6) is 0 Å². The van der Waals surface area contributed by atoms with E-state index in [1.807, 2.05) is 18.2 Å². The Morgan fingerprint density at radius 1 is 1.43 bits per heavy atom. The van der Waals surface area contributed by atoms with Gasteiger partial charge in [-0.1, -0.05) is 12.1 Å². The highest BCUT2D eigenvalue weighted by Crippen LogP contribution is 2.22.